The molecule has 0 aliphatic rings. The molecule has 0 N–H and O–H groups in total. The second-order valence-corrected chi connectivity index (χ2v) is 8.09. The molecule has 4 rings (SSSR count). The maximum absolute atomic E-state index is 13.5. The Kier molecular flexibility index (Phi) is 4.81. The Hall–Kier alpha value is -3.59. The van der Waals surface area contributed by atoms with E-state index in [1.165, 1.54) is 24.3 Å². The van der Waals surface area contributed by atoms with E-state index in [1.807, 2.05) is 12.1 Å². The molecule has 0 bridgehead atoms. The monoisotopic (exact) mass is 408 g/mol. The van der Waals surface area contributed by atoms with Crippen LogP contribution in [0, 0.1) is 10.1 Å². The first-order chi connectivity index (χ1) is 14.0. The first-order valence-corrected chi connectivity index (χ1v) is 10.3. The van der Waals surface area contributed by atoms with Gasteiger partial charge in [0.2, 0.25) is 0 Å². The van der Waals surface area contributed by atoms with Crippen LogP contribution in [-0.2, 0) is 22.9 Å². The third-order valence-electron chi connectivity index (χ3n) is 4.50. The molecular weight excluding hydrogens is 392 g/mol. The van der Waals surface area contributed by atoms with Gasteiger partial charge in [-0.2, -0.15) is 0 Å². The average Bonchev–Trinajstić information content (AvgIpc) is 3.12. The summed E-state index contributed by atoms with van der Waals surface area (Å²) in [6, 6.07) is 17.7. The number of hydrogen-bond acceptors (Lipinski definition) is 6. The van der Waals surface area contributed by atoms with E-state index in [0.717, 1.165) is 9.67 Å². The molecular formula is C20H16N4O4S. The lowest BCUT2D eigenvalue weighted by atomic mass is 10.2. The van der Waals surface area contributed by atoms with Crippen LogP contribution < -0.4 is 0 Å². The molecule has 29 heavy (non-hydrogen) atoms. The van der Waals surface area contributed by atoms with Gasteiger partial charge in [0.25, 0.3) is 15.7 Å². The van der Waals surface area contributed by atoms with Gasteiger partial charge in [-0.1, -0.05) is 30.3 Å². The molecule has 2 aromatic heterocycles. The first kappa shape index (κ1) is 18.8. The molecule has 0 radical (unpaired) electrons. The van der Waals surface area contributed by atoms with Crippen LogP contribution in [0.15, 0.2) is 77.8 Å². The molecule has 0 saturated heterocycles. The van der Waals surface area contributed by atoms with Crippen LogP contribution >= 0.6 is 0 Å². The van der Waals surface area contributed by atoms with Crippen molar-refractivity contribution >= 4 is 26.7 Å². The minimum absolute atomic E-state index is 0.301. The van der Waals surface area contributed by atoms with Gasteiger partial charge in [-0.25, -0.2) is 17.4 Å². The summed E-state index contributed by atoms with van der Waals surface area (Å²) in [6.45, 7) is 0. The van der Waals surface area contributed by atoms with Crippen molar-refractivity contribution < 1.29 is 13.3 Å². The maximum atomic E-state index is 13.5. The van der Waals surface area contributed by atoms with E-state index in [4.69, 9.17) is 0 Å². The second kappa shape index (κ2) is 7.44. The van der Waals surface area contributed by atoms with Crippen LogP contribution in [0.25, 0.3) is 11.0 Å². The zero-order valence-electron chi connectivity index (χ0n) is 15.2. The summed E-state index contributed by atoms with van der Waals surface area (Å²) >= 11 is 0. The van der Waals surface area contributed by atoms with Crippen molar-refractivity contribution in [1.82, 2.24) is 13.9 Å². The number of benzene rings is 2. The van der Waals surface area contributed by atoms with E-state index in [0.29, 0.717) is 29.7 Å². The summed E-state index contributed by atoms with van der Waals surface area (Å²) in [5.74, 6) is 0.301. The second-order valence-electron chi connectivity index (χ2n) is 6.33. The van der Waals surface area contributed by atoms with Crippen molar-refractivity contribution in [1.29, 1.82) is 0 Å². The van der Waals surface area contributed by atoms with Crippen molar-refractivity contribution in [3.05, 3.63) is 94.6 Å². The Morgan fingerprint density at radius 1 is 0.931 bits per heavy atom. The predicted molar refractivity (Wildman–Crippen MR) is 107 cm³/mol. The Bertz CT molecular complexity index is 1300. The van der Waals surface area contributed by atoms with E-state index in [9.17, 15) is 18.5 Å². The fraction of sp³-hybridized carbons (Fsp3) is 0.100. The number of pyridine rings is 1. The summed E-state index contributed by atoms with van der Waals surface area (Å²) in [5, 5.41) is 11.4. The van der Waals surface area contributed by atoms with Crippen molar-refractivity contribution in [2.45, 2.75) is 17.7 Å². The Labute approximate surface area is 166 Å². The number of nitro groups is 1. The van der Waals surface area contributed by atoms with Gasteiger partial charge in [0, 0.05) is 24.4 Å². The lowest BCUT2D eigenvalue weighted by Crippen LogP contribution is -2.18. The fourth-order valence-corrected chi connectivity index (χ4v) is 4.87. The SMILES string of the molecule is O=[N+]([O-])c1ccccc1S(=O)(=O)n1c(CCc2ccccn2)nc2ccccc21. The van der Waals surface area contributed by atoms with Crippen molar-refractivity contribution in [2.75, 3.05) is 0 Å². The van der Waals surface area contributed by atoms with Crippen LogP contribution in [0.4, 0.5) is 5.69 Å². The average molecular weight is 408 g/mol. The Balaban J connectivity index is 1.87. The van der Waals surface area contributed by atoms with E-state index >= 15 is 0 Å². The van der Waals surface area contributed by atoms with Crippen LogP contribution in [-0.4, -0.2) is 27.3 Å². The number of rotatable bonds is 6. The molecule has 0 unspecified atom stereocenters. The van der Waals surface area contributed by atoms with Crippen LogP contribution in [0.5, 0.6) is 0 Å². The smallest absolute Gasteiger partial charge is 0.261 e. The summed E-state index contributed by atoms with van der Waals surface area (Å²) in [6.07, 6.45) is 2.46. The zero-order chi connectivity index (χ0) is 20.4. The van der Waals surface area contributed by atoms with Gasteiger partial charge in [-0.15, -0.1) is 0 Å². The number of aryl methyl sites for hydroxylation is 2. The van der Waals surface area contributed by atoms with Crippen molar-refractivity contribution in [3.63, 3.8) is 0 Å². The lowest BCUT2D eigenvalue weighted by Gasteiger charge is -2.11. The maximum Gasteiger partial charge on any atom is 0.289 e. The molecule has 0 atom stereocenters. The molecule has 0 aliphatic heterocycles. The molecule has 8 nitrogen and oxygen atoms in total. The standard InChI is InChI=1S/C20H16N4O4S/c25-24(26)18-10-3-4-11-19(18)29(27,28)23-17-9-2-1-8-16(17)22-20(23)13-12-15-7-5-6-14-21-15/h1-11,14H,12-13H2. The molecule has 9 heteroatoms. The summed E-state index contributed by atoms with van der Waals surface area (Å²) in [4.78, 5) is 19.1. The van der Waals surface area contributed by atoms with Gasteiger partial charge in [-0.3, -0.25) is 15.1 Å². The Morgan fingerprint density at radius 2 is 1.66 bits per heavy atom. The fourth-order valence-electron chi connectivity index (χ4n) is 3.19. The van der Waals surface area contributed by atoms with E-state index in [1.54, 1.807) is 36.5 Å². The van der Waals surface area contributed by atoms with Crippen molar-refractivity contribution in [2.24, 2.45) is 0 Å². The third kappa shape index (κ3) is 3.47. The summed E-state index contributed by atoms with van der Waals surface area (Å²) < 4.78 is 28.0. The van der Waals surface area contributed by atoms with E-state index in [-0.39, 0.29) is 4.90 Å². The number of nitro benzene ring substituents is 1. The first-order valence-electron chi connectivity index (χ1n) is 8.84. The molecule has 0 saturated carbocycles. The van der Waals surface area contributed by atoms with Crippen LogP contribution in [0.3, 0.4) is 0 Å². The van der Waals surface area contributed by atoms with Crippen molar-refractivity contribution in [3.8, 4) is 0 Å². The van der Waals surface area contributed by atoms with Gasteiger partial charge < -0.3 is 0 Å². The van der Waals surface area contributed by atoms with Crippen LogP contribution in [0.2, 0.25) is 0 Å². The zero-order valence-corrected chi connectivity index (χ0v) is 16.0. The number of para-hydroxylation sites is 3. The molecule has 0 amide bonds. The number of fused-ring (bicyclic) bond motifs is 1. The van der Waals surface area contributed by atoms with Gasteiger partial charge in [0.05, 0.1) is 16.0 Å². The normalized spacial score (nSPS) is 11.6. The highest BCUT2D eigenvalue weighted by Gasteiger charge is 2.30. The van der Waals surface area contributed by atoms with Gasteiger partial charge in [0.15, 0.2) is 4.90 Å². The topological polar surface area (TPSA) is 108 Å². The highest BCUT2D eigenvalue weighted by Crippen LogP contribution is 2.29. The number of hydrogen-bond donors (Lipinski definition) is 0. The molecule has 0 fully saturated rings. The number of imidazole rings is 1. The molecule has 4 aromatic rings. The minimum atomic E-state index is -4.24. The highest BCUT2D eigenvalue weighted by molar-refractivity contribution is 7.90. The van der Waals surface area contributed by atoms with Gasteiger partial charge in [0.1, 0.15) is 5.82 Å². The Morgan fingerprint density at radius 3 is 2.41 bits per heavy atom. The van der Waals surface area contributed by atoms with Gasteiger partial charge >= 0.3 is 0 Å². The minimum Gasteiger partial charge on any atom is -0.261 e. The molecule has 0 aliphatic carbocycles. The summed E-state index contributed by atoms with van der Waals surface area (Å²) in [5.41, 5.74) is 1.21. The number of aromatic nitrogens is 3. The molecule has 146 valence electrons. The lowest BCUT2D eigenvalue weighted by molar-refractivity contribution is -0.387. The van der Waals surface area contributed by atoms with E-state index < -0.39 is 20.6 Å². The largest absolute Gasteiger partial charge is 0.289 e. The predicted octanol–water partition coefficient (Wildman–Crippen LogP) is 3.36. The highest BCUT2D eigenvalue weighted by atomic mass is 32.2. The molecule has 2 aromatic carbocycles. The van der Waals surface area contributed by atoms with Crippen LogP contribution in [0.1, 0.15) is 11.5 Å². The number of nitrogens with zero attached hydrogens (tertiary/aromatic N) is 4. The summed E-state index contributed by atoms with van der Waals surface area (Å²) in [7, 11) is -4.24. The quantitative estimate of drug-likeness (QED) is 0.358. The third-order valence-corrected chi connectivity index (χ3v) is 6.28. The van der Waals surface area contributed by atoms with Gasteiger partial charge in [-0.05, 0) is 36.8 Å². The molecule has 2 heterocycles. The molecule has 0 spiro atoms. The van der Waals surface area contributed by atoms with E-state index in [2.05, 4.69) is 9.97 Å².